The average Bonchev–Trinajstić information content (AvgIpc) is 2.74. The number of carbonyl (C=O) groups is 2. The first-order valence-corrected chi connectivity index (χ1v) is 11.3. The van der Waals surface area contributed by atoms with Crippen LogP contribution < -0.4 is 5.32 Å². The fourth-order valence-corrected chi connectivity index (χ4v) is 4.31. The zero-order chi connectivity index (χ0) is 21.5. The summed E-state index contributed by atoms with van der Waals surface area (Å²) in [6, 6.07) is 14.3. The second kappa shape index (κ2) is 10.8. The minimum absolute atomic E-state index is 0.114. The third-order valence-electron chi connectivity index (χ3n) is 5.66. The number of hydrogen-bond donors (Lipinski definition) is 1. The number of rotatable bonds is 7. The summed E-state index contributed by atoms with van der Waals surface area (Å²) in [6.45, 7) is 2.09. The standard InChI is InChI=1S/C24H28Cl2N2O2/c1-17(24(30)27-21-11-3-2-4-12-21)28(16-18-8-7-10-20(25)14-18)23(29)15-19-9-5-6-13-22(19)26/h5-10,13-14,17,21H,2-4,11-12,15-16H2,1H3,(H,27,30)/t17-/m1/s1. The van der Waals surface area contributed by atoms with Crippen molar-refractivity contribution < 1.29 is 9.59 Å². The average molecular weight is 447 g/mol. The highest BCUT2D eigenvalue weighted by atomic mass is 35.5. The molecule has 1 N–H and O–H groups in total. The van der Waals surface area contributed by atoms with Crippen LogP contribution in [0.1, 0.15) is 50.2 Å². The Kier molecular flexibility index (Phi) is 8.17. The fourth-order valence-electron chi connectivity index (χ4n) is 3.89. The van der Waals surface area contributed by atoms with Crippen LogP contribution in [0.25, 0.3) is 0 Å². The van der Waals surface area contributed by atoms with Gasteiger partial charge < -0.3 is 10.2 Å². The van der Waals surface area contributed by atoms with Crippen molar-refractivity contribution in [2.75, 3.05) is 0 Å². The van der Waals surface area contributed by atoms with E-state index in [0.29, 0.717) is 16.6 Å². The molecule has 160 valence electrons. The van der Waals surface area contributed by atoms with Crippen molar-refractivity contribution in [2.45, 2.75) is 64.1 Å². The monoisotopic (exact) mass is 446 g/mol. The van der Waals surface area contributed by atoms with Gasteiger partial charge in [0.25, 0.3) is 0 Å². The van der Waals surface area contributed by atoms with Gasteiger partial charge in [0.15, 0.2) is 0 Å². The van der Waals surface area contributed by atoms with Crippen LogP contribution in [-0.4, -0.2) is 28.8 Å². The van der Waals surface area contributed by atoms with Crippen molar-refractivity contribution in [3.05, 3.63) is 69.7 Å². The van der Waals surface area contributed by atoms with Gasteiger partial charge in [-0.2, -0.15) is 0 Å². The summed E-state index contributed by atoms with van der Waals surface area (Å²) >= 11 is 12.4. The van der Waals surface area contributed by atoms with E-state index in [9.17, 15) is 9.59 Å². The molecule has 2 amide bonds. The van der Waals surface area contributed by atoms with Gasteiger partial charge in [0, 0.05) is 22.6 Å². The van der Waals surface area contributed by atoms with E-state index >= 15 is 0 Å². The topological polar surface area (TPSA) is 49.4 Å². The number of nitrogens with one attached hydrogen (secondary N) is 1. The van der Waals surface area contributed by atoms with E-state index in [1.165, 1.54) is 6.42 Å². The van der Waals surface area contributed by atoms with E-state index < -0.39 is 6.04 Å². The lowest BCUT2D eigenvalue weighted by molar-refractivity contribution is -0.140. The molecule has 0 spiro atoms. The van der Waals surface area contributed by atoms with Crippen molar-refractivity contribution in [3.63, 3.8) is 0 Å². The first-order chi connectivity index (χ1) is 14.4. The molecule has 0 saturated heterocycles. The molecule has 0 radical (unpaired) electrons. The summed E-state index contributed by atoms with van der Waals surface area (Å²) in [6.07, 6.45) is 5.63. The highest BCUT2D eigenvalue weighted by molar-refractivity contribution is 6.31. The fraction of sp³-hybridized carbons (Fsp3) is 0.417. The largest absolute Gasteiger partial charge is 0.352 e. The van der Waals surface area contributed by atoms with Crippen LogP contribution in [-0.2, 0) is 22.6 Å². The molecule has 3 rings (SSSR count). The van der Waals surface area contributed by atoms with Crippen LogP contribution in [0.4, 0.5) is 0 Å². The second-order valence-electron chi connectivity index (χ2n) is 7.94. The molecular formula is C24H28Cl2N2O2. The molecule has 1 atom stereocenters. The number of halogens is 2. The zero-order valence-corrected chi connectivity index (χ0v) is 18.8. The normalized spacial score (nSPS) is 15.4. The lowest BCUT2D eigenvalue weighted by atomic mass is 9.95. The van der Waals surface area contributed by atoms with Crippen LogP contribution in [0, 0.1) is 0 Å². The van der Waals surface area contributed by atoms with Crippen molar-refractivity contribution in [2.24, 2.45) is 0 Å². The molecule has 30 heavy (non-hydrogen) atoms. The van der Waals surface area contributed by atoms with Crippen LogP contribution in [0.5, 0.6) is 0 Å². The number of benzene rings is 2. The zero-order valence-electron chi connectivity index (χ0n) is 17.2. The minimum atomic E-state index is -0.596. The Bertz CT molecular complexity index is 881. The molecular weight excluding hydrogens is 419 g/mol. The van der Waals surface area contributed by atoms with Crippen LogP contribution in [0.2, 0.25) is 10.0 Å². The molecule has 2 aromatic rings. The molecule has 1 aliphatic rings. The van der Waals surface area contributed by atoms with Crippen LogP contribution >= 0.6 is 23.2 Å². The molecule has 0 bridgehead atoms. The van der Waals surface area contributed by atoms with Gasteiger partial charge in [-0.05, 0) is 49.1 Å². The number of hydrogen-bond acceptors (Lipinski definition) is 2. The van der Waals surface area contributed by atoms with E-state index in [2.05, 4.69) is 5.32 Å². The Morgan fingerprint density at radius 3 is 2.50 bits per heavy atom. The number of carbonyl (C=O) groups excluding carboxylic acids is 2. The van der Waals surface area contributed by atoms with Gasteiger partial charge in [-0.25, -0.2) is 0 Å². The number of nitrogens with zero attached hydrogens (tertiary/aromatic N) is 1. The molecule has 0 unspecified atom stereocenters. The maximum absolute atomic E-state index is 13.2. The lowest BCUT2D eigenvalue weighted by Crippen LogP contribution is -2.50. The Labute approximate surface area is 188 Å². The SMILES string of the molecule is C[C@H](C(=O)NC1CCCCC1)N(Cc1cccc(Cl)c1)C(=O)Cc1ccccc1Cl. The van der Waals surface area contributed by atoms with Gasteiger partial charge in [-0.3, -0.25) is 9.59 Å². The summed E-state index contributed by atoms with van der Waals surface area (Å²) in [4.78, 5) is 27.8. The Morgan fingerprint density at radius 2 is 1.80 bits per heavy atom. The summed E-state index contributed by atoms with van der Waals surface area (Å²) < 4.78 is 0. The van der Waals surface area contributed by atoms with Crippen LogP contribution in [0.15, 0.2) is 48.5 Å². The first-order valence-electron chi connectivity index (χ1n) is 10.5. The second-order valence-corrected chi connectivity index (χ2v) is 8.78. The molecule has 1 aliphatic carbocycles. The molecule has 1 fully saturated rings. The minimum Gasteiger partial charge on any atom is -0.352 e. The molecule has 0 heterocycles. The van der Waals surface area contributed by atoms with Crippen molar-refractivity contribution in [3.8, 4) is 0 Å². The van der Waals surface area contributed by atoms with E-state index in [-0.39, 0.29) is 24.3 Å². The Morgan fingerprint density at radius 1 is 1.07 bits per heavy atom. The third kappa shape index (κ3) is 6.23. The van der Waals surface area contributed by atoms with Gasteiger partial charge in [0.05, 0.1) is 6.42 Å². The maximum Gasteiger partial charge on any atom is 0.242 e. The van der Waals surface area contributed by atoms with Gasteiger partial charge in [-0.15, -0.1) is 0 Å². The Balaban J connectivity index is 1.77. The van der Waals surface area contributed by atoms with Crippen molar-refractivity contribution in [1.29, 1.82) is 0 Å². The summed E-state index contributed by atoms with van der Waals surface area (Å²) in [5.74, 6) is -0.259. The van der Waals surface area contributed by atoms with E-state index in [4.69, 9.17) is 23.2 Å². The van der Waals surface area contributed by atoms with Gasteiger partial charge >= 0.3 is 0 Å². The molecule has 0 aromatic heterocycles. The van der Waals surface area contributed by atoms with Crippen molar-refractivity contribution in [1.82, 2.24) is 10.2 Å². The molecule has 4 nitrogen and oxygen atoms in total. The van der Waals surface area contributed by atoms with Gasteiger partial charge in [0.1, 0.15) is 6.04 Å². The van der Waals surface area contributed by atoms with Crippen LogP contribution in [0.3, 0.4) is 0 Å². The predicted molar refractivity (Wildman–Crippen MR) is 122 cm³/mol. The maximum atomic E-state index is 13.2. The third-order valence-corrected chi connectivity index (χ3v) is 6.26. The molecule has 6 heteroatoms. The van der Waals surface area contributed by atoms with E-state index in [0.717, 1.165) is 36.8 Å². The van der Waals surface area contributed by atoms with E-state index in [1.54, 1.807) is 24.0 Å². The molecule has 0 aliphatic heterocycles. The number of amides is 2. The highest BCUT2D eigenvalue weighted by Crippen LogP contribution is 2.21. The highest BCUT2D eigenvalue weighted by Gasteiger charge is 2.28. The summed E-state index contributed by atoms with van der Waals surface area (Å²) in [7, 11) is 0. The molecule has 1 saturated carbocycles. The van der Waals surface area contributed by atoms with Crippen molar-refractivity contribution >= 4 is 35.0 Å². The lowest BCUT2D eigenvalue weighted by Gasteiger charge is -2.31. The predicted octanol–water partition coefficient (Wildman–Crippen LogP) is 5.40. The first kappa shape index (κ1) is 22.6. The molecule has 2 aromatic carbocycles. The summed E-state index contributed by atoms with van der Waals surface area (Å²) in [5.41, 5.74) is 1.63. The smallest absolute Gasteiger partial charge is 0.242 e. The van der Waals surface area contributed by atoms with Gasteiger partial charge in [-0.1, -0.05) is 72.8 Å². The van der Waals surface area contributed by atoms with E-state index in [1.807, 2.05) is 36.4 Å². The van der Waals surface area contributed by atoms with Gasteiger partial charge in [0.2, 0.25) is 11.8 Å². The Hall–Kier alpha value is -2.04. The summed E-state index contributed by atoms with van der Waals surface area (Å²) in [5, 5.41) is 4.29. The quantitative estimate of drug-likeness (QED) is 0.618.